The summed E-state index contributed by atoms with van der Waals surface area (Å²) in [5.41, 5.74) is 2.29. The Labute approximate surface area is 174 Å². The summed E-state index contributed by atoms with van der Waals surface area (Å²) in [7, 11) is 0. The highest BCUT2D eigenvalue weighted by Gasteiger charge is 2.21. The van der Waals surface area contributed by atoms with Gasteiger partial charge in [0.2, 0.25) is 0 Å². The Morgan fingerprint density at radius 2 is 1.93 bits per heavy atom. The maximum atomic E-state index is 12.7. The first kappa shape index (κ1) is 20.4. The number of ether oxygens (including phenoxy) is 1. The Kier molecular flexibility index (Phi) is 6.73. The van der Waals surface area contributed by atoms with Crippen LogP contribution in [0.4, 0.5) is 5.69 Å². The van der Waals surface area contributed by atoms with Crippen LogP contribution in [0.15, 0.2) is 46.9 Å². The summed E-state index contributed by atoms with van der Waals surface area (Å²) in [5, 5.41) is 2.80. The number of likely N-dealkylation sites (tertiary alicyclic amines) is 1. The second-order valence-corrected chi connectivity index (χ2v) is 8.18. The van der Waals surface area contributed by atoms with Crippen molar-refractivity contribution >= 4 is 33.4 Å². The molecule has 0 aliphatic carbocycles. The van der Waals surface area contributed by atoms with E-state index in [0.29, 0.717) is 22.9 Å². The van der Waals surface area contributed by atoms with Gasteiger partial charge >= 0.3 is 0 Å². The summed E-state index contributed by atoms with van der Waals surface area (Å²) in [6, 6.07) is 12.8. The second kappa shape index (κ2) is 9.24. The molecule has 1 N–H and O–H groups in total. The molecule has 5 nitrogen and oxygen atoms in total. The van der Waals surface area contributed by atoms with Crippen molar-refractivity contribution in [1.29, 1.82) is 0 Å². The topological polar surface area (TPSA) is 58.6 Å². The van der Waals surface area contributed by atoms with E-state index in [9.17, 15) is 9.59 Å². The number of nitrogens with zero attached hydrogens (tertiary/aromatic N) is 1. The van der Waals surface area contributed by atoms with Crippen LogP contribution in [0.2, 0.25) is 0 Å². The average molecular weight is 445 g/mol. The van der Waals surface area contributed by atoms with Crippen LogP contribution in [0.1, 0.15) is 35.7 Å². The van der Waals surface area contributed by atoms with Crippen molar-refractivity contribution in [2.24, 2.45) is 5.92 Å². The fraction of sp³-hybridized carbons (Fsp3) is 0.364. The number of aryl methyl sites for hydroxylation is 1. The van der Waals surface area contributed by atoms with Gasteiger partial charge in [-0.2, -0.15) is 0 Å². The molecular formula is C22H25BrN2O3. The molecule has 148 valence electrons. The second-order valence-electron chi connectivity index (χ2n) is 7.33. The van der Waals surface area contributed by atoms with Gasteiger partial charge in [-0.3, -0.25) is 9.59 Å². The van der Waals surface area contributed by atoms with Crippen LogP contribution in [0.25, 0.3) is 0 Å². The highest BCUT2D eigenvalue weighted by molar-refractivity contribution is 9.10. The number of carbonyl (C=O) groups excluding carboxylic acids is 2. The lowest BCUT2D eigenvalue weighted by Gasteiger charge is -2.30. The van der Waals surface area contributed by atoms with Crippen LogP contribution in [0.3, 0.4) is 0 Å². The monoisotopic (exact) mass is 444 g/mol. The number of hydrogen-bond acceptors (Lipinski definition) is 3. The van der Waals surface area contributed by atoms with Gasteiger partial charge in [0.05, 0.1) is 4.47 Å². The van der Waals surface area contributed by atoms with Gasteiger partial charge in [-0.05, 0) is 77.5 Å². The van der Waals surface area contributed by atoms with Gasteiger partial charge in [0, 0.05) is 24.3 Å². The van der Waals surface area contributed by atoms with Gasteiger partial charge in [0.15, 0.2) is 6.61 Å². The molecule has 1 aliphatic rings. The molecule has 1 fully saturated rings. The molecule has 3 rings (SSSR count). The number of nitrogens with one attached hydrogen (secondary N) is 1. The molecule has 0 radical (unpaired) electrons. The molecule has 0 saturated carbocycles. The van der Waals surface area contributed by atoms with Crippen LogP contribution in [0.5, 0.6) is 5.75 Å². The first-order valence-electron chi connectivity index (χ1n) is 9.50. The van der Waals surface area contributed by atoms with Crippen molar-refractivity contribution in [3.05, 3.63) is 58.1 Å². The van der Waals surface area contributed by atoms with E-state index in [4.69, 9.17) is 4.74 Å². The minimum atomic E-state index is -0.274. The van der Waals surface area contributed by atoms with Crippen molar-refractivity contribution in [3.8, 4) is 5.75 Å². The number of carbonyl (C=O) groups is 2. The maximum Gasteiger partial charge on any atom is 0.262 e. The lowest BCUT2D eigenvalue weighted by molar-refractivity contribution is -0.118. The standard InChI is InChI=1S/C22H25BrN2O3/c1-15-8-10-25(11-9-15)22(27)17-4-3-5-18(13-17)24-21(26)14-28-20-7-6-16(2)12-19(20)23/h3-7,12-13,15H,8-11,14H2,1-2H3,(H,24,26). The first-order valence-corrected chi connectivity index (χ1v) is 10.3. The predicted molar refractivity (Wildman–Crippen MR) is 114 cm³/mol. The van der Waals surface area contributed by atoms with Crippen LogP contribution in [-0.4, -0.2) is 36.4 Å². The zero-order valence-corrected chi connectivity index (χ0v) is 17.8. The van der Waals surface area contributed by atoms with Gasteiger partial charge < -0.3 is 15.0 Å². The molecular weight excluding hydrogens is 420 g/mol. The quantitative estimate of drug-likeness (QED) is 0.729. The van der Waals surface area contributed by atoms with Crippen molar-refractivity contribution in [1.82, 2.24) is 4.90 Å². The molecule has 0 unspecified atom stereocenters. The van der Waals surface area contributed by atoms with E-state index in [0.717, 1.165) is 36.0 Å². The van der Waals surface area contributed by atoms with Crippen molar-refractivity contribution in [3.63, 3.8) is 0 Å². The summed E-state index contributed by atoms with van der Waals surface area (Å²) >= 11 is 3.43. The Morgan fingerprint density at radius 3 is 2.64 bits per heavy atom. The van der Waals surface area contributed by atoms with Crippen LogP contribution in [0, 0.1) is 12.8 Å². The lowest BCUT2D eigenvalue weighted by atomic mass is 9.98. The fourth-order valence-corrected chi connectivity index (χ4v) is 3.80. The third kappa shape index (κ3) is 5.35. The van der Waals surface area contributed by atoms with Crippen LogP contribution >= 0.6 is 15.9 Å². The van der Waals surface area contributed by atoms with Crippen molar-refractivity contribution in [2.45, 2.75) is 26.7 Å². The van der Waals surface area contributed by atoms with Crippen LogP contribution < -0.4 is 10.1 Å². The SMILES string of the molecule is Cc1ccc(OCC(=O)Nc2cccc(C(=O)N3CCC(C)CC3)c2)c(Br)c1. The molecule has 0 spiro atoms. The largest absolute Gasteiger partial charge is 0.483 e. The normalized spacial score (nSPS) is 14.6. The molecule has 1 aliphatic heterocycles. The zero-order valence-electron chi connectivity index (χ0n) is 16.2. The molecule has 2 aromatic rings. The number of halogens is 1. The first-order chi connectivity index (χ1) is 13.4. The molecule has 0 aromatic heterocycles. The zero-order chi connectivity index (χ0) is 20.1. The molecule has 6 heteroatoms. The van der Waals surface area contributed by atoms with Crippen molar-refractivity contribution in [2.75, 3.05) is 25.0 Å². The van der Waals surface area contributed by atoms with E-state index >= 15 is 0 Å². The maximum absolute atomic E-state index is 12.7. The summed E-state index contributed by atoms with van der Waals surface area (Å²) in [4.78, 5) is 26.8. The number of anilines is 1. The Bertz CT molecular complexity index is 861. The van der Waals surface area contributed by atoms with Gasteiger partial charge in [-0.15, -0.1) is 0 Å². The third-order valence-electron chi connectivity index (χ3n) is 4.91. The molecule has 1 saturated heterocycles. The van der Waals surface area contributed by atoms with Crippen molar-refractivity contribution < 1.29 is 14.3 Å². The highest BCUT2D eigenvalue weighted by Crippen LogP contribution is 2.25. The van der Waals surface area contributed by atoms with Gasteiger partial charge in [0.1, 0.15) is 5.75 Å². The molecule has 28 heavy (non-hydrogen) atoms. The molecule has 1 heterocycles. The fourth-order valence-electron chi connectivity index (χ4n) is 3.19. The Morgan fingerprint density at radius 1 is 1.18 bits per heavy atom. The highest BCUT2D eigenvalue weighted by atomic mass is 79.9. The van der Waals surface area contributed by atoms with E-state index in [1.165, 1.54) is 0 Å². The van der Waals surface area contributed by atoms with Gasteiger partial charge in [0.25, 0.3) is 11.8 Å². The Balaban J connectivity index is 1.57. The summed E-state index contributed by atoms with van der Waals surface area (Å²) < 4.78 is 6.38. The number of piperidine rings is 1. The van der Waals surface area contributed by atoms with Gasteiger partial charge in [-0.1, -0.05) is 19.1 Å². The number of rotatable bonds is 5. The molecule has 2 amide bonds. The average Bonchev–Trinajstić information content (AvgIpc) is 2.67. The number of hydrogen-bond donors (Lipinski definition) is 1. The summed E-state index contributed by atoms with van der Waals surface area (Å²) in [6.45, 7) is 5.67. The lowest BCUT2D eigenvalue weighted by Crippen LogP contribution is -2.37. The predicted octanol–water partition coefficient (Wildman–Crippen LogP) is 4.65. The smallest absolute Gasteiger partial charge is 0.262 e. The summed E-state index contributed by atoms with van der Waals surface area (Å²) in [5.74, 6) is 1.03. The van der Waals surface area contributed by atoms with E-state index in [1.807, 2.05) is 30.0 Å². The van der Waals surface area contributed by atoms with Crippen LogP contribution in [-0.2, 0) is 4.79 Å². The number of amides is 2. The molecule has 2 aromatic carbocycles. The van der Waals surface area contributed by atoms with E-state index < -0.39 is 0 Å². The van der Waals surface area contributed by atoms with Gasteiger partial charge in [-0.25, -0.2) is 0 Å². The van der Waals surface area contributed by atoms with E-state index in [1.54, 1.807) is 24.3 Å². The minimum absolute atomic E-state index is 0.0165. The van der Waals surface area contributed by atoms with E-state index in [-0.39, 0.29) is 18.4 Å². The summed E-state index contributed by atoms with van der Waals surface area (Å²) in [6.07, 6.45) is 2.07. The number of benzene rings is 2. The Hall–Kier alpha value is -2.34. The molecule has 0 atom stereocenters. The third-order valence-corrected chi connectivity index (χ3v) is 5.53. The molecule has 0 bridgehead atoms. The minimum Gasteiger partial charge on any atom is -0.483 e. The van der Waals surface area contributed by atoms with E-state index in [2.05, 4.69) is 28.2 Å².